The maximum Gasteiger partial charge on any atom is 0.321 e. The highest BCUT2D eigenvalue weighted by Crippen LogP contribution is 2.30. The molecule has 3 rings (SSSR count). The van der Waals surface area contributed by atoms with E-state index in [-0.39, 0.29) is 6.03 Å². The van der Waals surface area contributed by atoms with Crippen LogP contribution in [0.25, 0.3) is 0 Å². The quantitative estimate of drug-likeness (QED) is 0.725. The largest absolute Gasteiger partial charge is 0.390 e. The maximum absolute atomic E-state index is 12.7. The van der Waals surface area contributed by atoms with Gasteiger partial charge in [-0.3, -0.25) is 0 Å². The van der Waals surface area contributed by atoms with Gasteiger partial charge < -0.3 is 15.3 Å². The van der Waals surface area contributed by atoms with Crippen LogP contribution in [0, 0.1) is 6.92 Å². The predicted octanol–water partition coefficient (Wildman–Crippen LogP) is 5.06. The van der Waals surface area contributed by atoms with Crippen LogP contribution in [-0.2, 0) is 5.75 Å². The van der Waals surface area contributed by atoms with Gasteiger partial charge in [0, 0.05) is 23.7 Å². The zero-order valence-electron chi connectivity index (χ0n) is 16.1. The van der Waals surface area contributed by atoms with E-state index >= 15 is 0 Å². The molecule has 1 aliphatic rings. The van der Waals surface area contributed by atoms with Gasteiger partial charge in [-0.1, -0.05) is 42.0 Å². The van der Waals surface area contributed by atoms with Gasteiger partial charge in [-0.25, -0.2) is 4.79 Å². The van der Waals surface area contributed by atoms with Crippen molar-refractivity contribution in [1.29, 1.82) is 0 Å². The number of thioether (sulfide) groups is 1. The second-order valence-electron chi connectivity index (χ2n) is 7.54. The van der Waals surface area contributed by atoms with Crippen LogP contribution in [0.15, 0.2) is 53.4 Å². The molecule has 1 fully saturated rings. The fourth-order valence-corrected chi connectivity index (χ4v) is 4.17. The Morgan fingerprint density at radius 2 is 1.89 bits per heavy atom. The number of urea groups is 1. The second-order valence-corrected chi connectivity index (χ2v) is 8.56. The molecule has 0 aliphatic carbocycles. The average molecular weight is 385 g/mol. The number of hydrogen-bond acceptors (Lipinski definition) is 3. The molecular formula is C22H28N2O2S. The van der Waals surface area contributed by atoms with Crippen molar-refractivity contribution in [2.45, 2.75) is 49.4 Å². The molecule has 4 nitrogen and oxygen atoms in total. The molecule has 2 amide bonds. The molecule has 0 radical (unpaired) electrons. The molecule has 144 valence electrons. The number of carbonyl (C=O) groups excluding carboxylic acids is 1. The molecule has 1 saturated heterocycles. The number of likely N-dealkylation sites (tertiary alicyclic amines) is 1. The fourth-order valence-electron chi connectivity index (χ4n) is 3.20. The van der Waals surface area contributed by atoms with Crippen LogP contribution in [0.5, 0.6) is 0 Å². The third kappa shape index (κ3) is 5.75. The number of aliphatic hydroxyl groups is 1. The molecular weight excluding hydrogens is 356 g/mol. The van der Waals surface area contributed by atoms with Gasteiger partial charge in [0.25, 0.3) is 0 Å². The Labute approximate surface area is 166 Å². The van der Waals surface area contributed by atoms with Gasteiger partial charge in [-0.2, -0.15) is 0 Å². The Kier molecular flexibility index (Phi) is 6.45. The summed E-state index contributed by atoms with van der Waals surface area (Å²) >= 11 is 1.73. The van der Waals surface area contributed by atoms with Crippen LogP contribution >= 0.6 is 11.8 Å². The zero-order chi connectivity index (χ0) is 19.3. The van der Waals surface area contributed by atoms with E-state index in [4.69, 9.17) is 0 Å². The SMILES string of the molecule is Cc1ccc(CSc2ccccc2NC(=O)N2CCCC(C)(O)CC2)cc1. The molecule has 0 spiro atoms. The summed E-state index contributed by atoms with van der Waals surface area (Å²) < 4.78 is 0. The number of carbonyl (C=O) groups is 1. The number of benzene rings is 2. The molecule has 2 aromatic carbocycles. The summed E-state index contributed by atoms with van der Waals surface area (Å²) in [4.78, 5) is 15.6. The molecule has 2 aromatic rings. The number of anilines is 1. The van der Waals surface area contributed by atoms with Gasteiger partial charge in [0.2, 0.25) is 0 Å². The van der Waals surface area contributed by atoms with Gasteiger partial charge in [0.05, 0.1) is 11.3 Å². The van der Waals surface area contributed by atoms with Gasteiger partial charge in [-0.15, -0.1) is 11.8 Å². The van der Waals surface area contributed by atoms with E-state index in [2.05, 4.69) is 36.5 Å². The minimum atomic E-state index is -0.670. The lowest BCUT2D eigenvalue weighted by atomic mass is 9.98. The highest BCUT2D eigenvalue weighted by Gasteiger charge is 2.27. The monoisotopic (exact) mass is 384 g/mol. The van der Waals surface area contributed by atoms with E-state index in [0.29, 0.717) is 19.5 Å². The van der Waals surface area contributed by atoms with Gasteiger partial charge in [-0.05, 0) is 50.8 Å². The summed E-state index contributed by atoms with van der Waals surface area (Å²) in [5, 5.41) is 13.3. The summed E-state index contributed by atoms with van der Waals surface area (Å²) in [5.74, 6) is 0.861. The number of amides is 2. The average Bonchev–Trinajstić information content (AvgIpc) is 2.83. The minimum absolute atomic E-state index is 0.0870. The summed E-state index contributed by atoms with van der Waals surface area (Å²) in [6.07, 6.45) is 2.17. The molecule has 1 aliphatic heterocycles. The second kappa shape index (κ2) is 8.81. The van der Waals surface area contributed by atoms with Gasteiger partial charge >= 0.3 is 6.03 Å². The van der Waals surface area contributed by atoms with Crippen molar-refractivity contribution >= 4 is 23.5 Å². The lowest BCUT2D eigenvalue weighted by Crippen LogP contribution is -2.36. The summed E-state index contributed by atoms with van der Waals surface area (Å²) in [7, 11) is 0. The Morgan fingerprint density at radius 1 is 1.15 bits per heavy atom. The number of hydrogen-bond donors (Lipinski definition) is 2. The van der Waals surface area contributed by atoms with Crippen molar-refractivity contribution in [3.05, 3.63) is 59.7 Å². The summed E-state index contributed by atoms with van der Waals surface area (Å²) in [5.41, 5.74) is 2.70. The Balaban J connectivity index is 1.63. The van der Waals surface area contributed by atoms with Crippen LogP contribution < -0.4 is 5.32 Å². The smallest absolute Gasteiger partial charge is 0.321 e. The van der Waals surface area contributed by atoms with Crippen molar-refractivity contribution in [3.63, 3.8) is 0 Å². The van der Waals surface area contributed by atoms with Crippen LogP contribution in [0.3, 0.4) is 0 Å². The van der Waals surface area contributed by atoms with Crippen molar-refractivity contribution in [3.8, 4) is 0 Å². The molecule has 27 heavy (non-hydrogen) atoms. The predicted molar refractivity (Wildman–Crippen MR) is 112 cm³/mol. The highest BCUT2D eigenvalue weighted by molar-refractivity contribution is 7.98. The molecule has 0 aromatic heterocycles. The molecule has 1 atom stereocenters. The molecule has 1 heterocycles. The number of nitrogens with one attached hydrogen (secondary N) is 1. The number of aryl methyl sites for hydroxylation is 1. The van der Waals surface area contributed by atoms with E-state index < -0.39 is 5.60 Å². The molecule has 0 bridgehead atoms. The molecule has 0 saturated carbocycles. The number of rotatable bonds is 4. The van der Waals surface area contributed by atoms with E-state index in [1.165, 1.54) is 11.1 Å². The first kappa shape index (κ1) is 19.8. The summed E-state index contributed by atoms with van der Waals surface area (Å²) in [6.45, 7) is 5.20. The number of para-hydroxylation sites is 1. The zero-order valence-corrected chi connectivity index (χ0v) is 16.9. The van der Waals surface area contributed by atoms with E-state index in [1.807, 2.05) is 36.1 Å². The first-order valence-corrected chi connectivity index (χ1v) is 10.5. The molecule has 1 unspecified atom stereocenters. The lowest BCUT2D eigenvalue weighted by molar-refractivity contribution is 0.0458. The third-order valence-corrected chi connectivity index (χ3v) is 6.14. The Morgan fingerprint density at radius 3 is 2.67 bits per heavy atom. The van der Waals surface area contributed by atoms with Crippen LogP contribution in [-0.4, -0.2) is 34.7 Å². The topological polar surface area (TPSA) is 52.6 Å². The Bertz CT molecular complexity index is 774. The fraction of sp³-hybridized carbons (Fsp3) is 0.409. The van der Waals surface area contributed by atoms with Gasteiger partial charge in [0.1, 0.15) is 0 Å². The highest BCUT2D eigenvalue weighted by atomic mass is 32.2. The lowest BCUT2D eigenvalue weighted by Gasteiger charge is -2.23. The van der Waals surface area contributed by atoms with Crippen molar-refractivity contribution < 1.29 is 9.90 Å². The van der Waals surface area contributed by atoms with Crippen molar-refractivity contribution in [1.82, 2.24) is 4.90 Å². The maximum atomic E-state index is 12.7. The van der Waals surface area contributed by atoms with Crippen LogP contribution in [0.4, 0.5) is 10.5 Å². The van der Waals surface area contributed by atoms with Crippen molar-refractivity contribution in [2.75, 3.05) is 18.4 Å². The molecule has 5 heteroatoms. The summed E-state index contributed by atoms with van der Waals surface area (Å²) in [6, 6.07) is 16.4. The Hall–Kier alpha value is -1.98. The standard InChI is InChI=1S/C22H28N2O2S/c1-17-8-10-18(11-9-17)16-27-20-7-4-3-6-19(20)23-21(25)24-14-5-12-22(2,26)13-15-24/h3-4,6-11,26H,5,12-16H2,1-2H3,(H,23,25). The van der Waals surface area contributed by atoms with E-state index in [1.54, 1.807) is 11.8 Å². The first-order valence-electron chi connectivity index (χ1n) is 9.49. The van der Waals surface area contributed by atoms with E-state index in [9.17, 15) is 9.90 Å². The van der Waals surface area contributed by atoms with Crippen LogP contribution in [0.2, 0.25) is 0 Å². The van der Waals surface area contributed by atoms with Gasteiger partial charge in [0.15, 0.2) is 0 Å². The first-order chi connectivity index (χ1) is 12.9. The van der Waals surface area contributed by atoms with Crippen LogP contribution in [0.1, 0.15) is 37.3 Å². The normalized spacial score (nSPS) is 20.2. The molecule has 2 N–H and O–H groups in total. The van der Waals surface area contributed by atoms with E-state index in [0.717, 1.165) is 29.2 Å². The van der Waals surface area contributed by atoms with Crippen molar-refractivity contribution in [2.24, 2.45) is 0 Å². The number of nitrogens with zero attached hydrogens (tertiary/aromatic N) is 1. The third-order valence-electron chi connectivity index (χ3n) is 4.99. The minimum Gasteiger partial charge on any atom is -0.390 e.